The normalized spacial score (nSPS) is 13.7. The highest BCUT2D eigenvalue weighted by Crippen LogP contribution is 2.23. The van der Waals surface area contributed by atoms with Crippen LogP contribution in [0.2, 0.25) is 0 Å². The van der Waals surface area contributed by atoms with E-state index in [1.165, 1.54) is 4.88 Å². The SMILES string of the molecule is CCN=C(NN)N(C)C(C)c1cccs1. The Balaban J connectivity index is 2.75. The minimum Gasteiger partial charge on any atom is -0.337 e. The summed E-state index contributed by atoms with van der Waals surface area (Å²) >= 11 is 1.74. The Morgan fingerprint density at radius 1 is 1.73 bits per heavy atom. The van der Waals surface area contributed by atoms with Crippen molar-refractivity contribution in [2.45, 2.75) is 19.9 Å². The van der Waals surface area contributed by atoms with Crippen molar-refractivity contribution in [3.63, 3.8) is 0 Å². The number of hydrogen-bond donors (Lipinski definition) is 2. The zero-order valence-corrected chi connectivity index (χ0v) is 10.2. The standard InChI is InChI=1S/C10H18N4S/c1-4-12-10(13-11)14(3)8(2)9-6-5-7-15-9/h5-8H,4,11H2,1-3H3,(H,12,13). The third kappa shape index (κ3) is 2.94. The molecular weight excluding hydrogens is 208 g/mol. The summed E-state index contributed by atoms with van der Waals surface area (Å²) < 4.78 is 0. The van der Waals surface area contributed by atoms with Crippen molar-refractivity contribution in [2.24, 2.45) is 10.8 Å². The molecule has 5 heteroatoms. The molecule has 1 heterocycles. The Kier molecular flexibility index (Phi) is 4.58. The Labute approximate surface area is 94.8 Å². The molecule has 0 bridgehead atoms. The first-order chi connectivity index (χ1) is 7.20. The summed E-state index contributed by atoms with van der Waals surface area (Å²) in [6, 6.07) is 4.45. The number of hydrazine groups is 1. The highest BCUT2D eigenvalue weighted by Gasteiger charge is 2.15. The maximum Gasteiger partial charge on any atom is 0.208 e. The van der Waals surface area contributed by atoms with Crippen LogP contribution >= 0.6 is 11.3 Å². The lowest BCUT2D eigenvalue weighted by Crippen LogP contribution is -2.43. The monoisotopic (exact) mass is 226 g/mol. The molecule has 1 unspecified atom stereocenters. The van der Waals surface area contributed by atoms with Crippen molar-refractivity contribution < 1.29 is 0 Å². The zero-order chi connectivity index (χ0) is 11.3. The zero-order valence-electron chi connectivity index (χ0n) is 9.40. The van der Waals surface area contributed by atoms with E-state index in [4.69, 9.17) is 5.84 Å². The molecule has 0 spiro atoms. The van der Waals surface area contributed by atoms with Crippen LogP contribution in [0, 0.1) is 0 Å². The minimum atomic E-state index is 0.284. The number of rotatable bonds is 3. The summed E-state index contributed by atoms with van der Waals surface area (Å²) in [5, 5.41) is 2.08. The highest BCUT2D eigenvalue weighted by molar-refractivity contribution is 7.10. The van der Waals surface area contributed by atoms with E-state index in [9.17, 15) is 0 Å². The molecule has 0 radical (unpaired) electrons. The molecule has 0 saturated heterocycles. The van der Waals surface area contributed by atoms with Crippen molar-refractivity contribution in [1.29, 1.82) is 0 Å². The van der Waals surface area contributed by atoms with Gasteiger partial charge in [0.2, 0.25) is 5.96 Å². The van der Waals surface area contributed by atoms with Crippen LogP contribution < -0.4 is 11.3 Å². The van der Waals surface area contributed by atoms with Crippen molar-refractivity contribution in [2.75, 3.05) is 13.6 Å². The average molecular weight is 226 g/mol. The summed E-state index contributed by atoms with van der Waals surface area (Å²) in [5.74, 6) is 6.15. The number of guanidine groups is 1. The van der Waals surface area contributed by atoms with Crippen molar-refractivity contribution in [3.8, 4) is 0 Å². The molecule has 1 rings (SSSR count). The van der Waals surface area contributed by atoms with E-state index in [-0.39, 0.29) is 6.04 Å². The molecular formula is C10H18N4S. The van der Waals surface area contributed by atoms with Gasteiger partial charge in [-0.25, -0.2) is 5.84 Å². The molecule has 0 aromatic carbocycles. The van der Waals surface area contributed by atoms with Crippen LogP contribution in [0.25, 0.3) is 0 Å². The van der Waals surface area contributed by atoms with Crippen LogP contribution in [0.15, 0.2) is 22.5 Å². The maximum atomic E-state index is 5.43. The average Bonchev–Trinajstić information content (AvgIpc) is 2.77. The predicted molar refractivity (Wildman–Crippen MR) is 65.8 cm³/mol. The molecule has 15 heavy (non-hydrogen) atoms. The number of nitrogens with zero attached hydrogens (tertiary/aromatic N) is 2. The first-order valence-electron chi connectivity index (χ1n) is 4.98. The smallest absolute Gasteiger partial charge is 0.208 e. The van der Waals surface area contributed by atoms with Gasteiger partial charge < -0.3 is 4.90 Å². The number of nitrogens with one attached hydrogen (secondary N) is 1. The van der Waals surface area contributed by atoms with Gasteiger partial charge >= 0.3 is 0 Å². The Hall–Kier alpha value is -1.07. The van der Waals surface area contributed by atoms with Gasteiger partial charge in [-0.1, -0.05) is 6.07 Å². The Morgan fingerprint density at radius 2 is 2.47 bits per heavy atom. The van der Waals surface area contributed by atoms with Crippen molar-refractivity contribution in [1.82, 2.24) is 10.3 Å². The predicted octanol–water partition coefficient (Wildman–Crippen LogP) is 1.58. The first kappa shape index (κ1) is 12.0. The van der Waals surface area contributed by atoms with Gasteiger partial charge in [-0.2, -0.15) is 0 Å². The van der Waals surface area contributed by atoms with Gasteiger partial charge in [-0.15, -0.1) is 11.3 Å². The number of hydrogen-bond acceptors (Lipinski definition) is 3. The second-order valence-corrected chi connectivity index (χ2v) is 4.22. The Bertz CT molecular complexity index is 307. The van der Waals surface area contributed by atoms with Crippen molar-refractivity contribution >= 4 is 17.3 Å². The van der Waals surface area contributed by atoms with Crippen LogP contribution in [-0.4, -0.2) is 24.5 Å². The molecule has 0 saturated carbocycles. The lowest BCUT2D eigenvalue weighted by Gasteiger charge is -2.26. The maximum absolute atomic E-state index is 5.43. The van der Waals surface area contributed by atoms with Gasteiger partial charge in [0.15, 0.2) is 0 Å². The van der Waals surface area contributed by atoms with Gasteiger partial charge in [-0.3, -0.25) is 10.4 Å². The molecule has 0 aliphatic carbocycles. The van der Waals surface area contributed by atoms with Crippen LogP contribution in [0.5, 0.6) is 0 Å². The molecule has 84 valence electrons. The molecule has 0 aliphatic heterocycles. The summed E-state index contributed by atoms with van der Waals surface area (Å²) in [7, 11) is 1.98. The molecule has 0 fully saturated rings. The van der Waals surface area contributed by atoms with E-state index < -0.39 is 0 Å². The lowest BCUT2D eigenvalue weighted by atomic mass is 10.2. The molecule has 0 aliphatic rings. The fraction of sp³-hybridized carbons (Fsp3) is 0.500. The highest BCUT2D eigenvalue weighted by atomic mass is 32.1. The topological polar surface area (TPSA) is 53.6 Å². The summed E-state index contributed by atoms with van der Waals surface area (Å²) in [6.45, 7) is 4.84. The third-order valence-corrected chi connectivity index (χ3v) is 3.35. The molecule has 4 nitrogen and oxygen atoms in total. The number of nitrogens with two attached hydrogens (primary N) is 1. The summed E-state index contributed by atoms with van der Waals surface area (Å²) in [5.41, 5.74) is 2.63. The molecule has 1 aromatic heterocycles. The molecule has 0 amide bonds. The van der Waals surface area contributed by atoms with E-state index in [0.29, 0.717) is 0 Å². The van der Waals surface area contributed by atoms with E-state index in [0.717, 1.165) is 12.5 Å². The van der Waals surface area contributed by atoms with Crippen LogP contribution in [0.3, 0.4) is 0 Å². The van der Waals surface area contributed by atoms with E-state index in [2.05, 4.69) is 34.9 Å². The molecule has 1 atom stereocenters. The van der Waals surface area contributed by atoms with Crippen LogP contribution in [0.1, 0.15) is 24.8 Å². The second kappa shape index (κ2) is 5.72. The van der Waals surface area contributed by atoms with Crippen molar-refractivity contribution in [3.05, 3.63) is 22.4 Å². The third-order valence-electron chi connectivity index (χ3n) is 2.31. The quantitative estimate of drug-likeness (QED) is 0.356. The van der Waals surface area contributed by atoms with Crippen LogP contribution in [0.4, 0.5) is 0 Å². The summed E-state index contributed by atoms with van der Waals surface area (Å²) in [6.07, 6.45) is 0. The largest absolute Gasteiger partial charge is 0.337 e. The Morgan fingerprint density at radius 3 is 2.93 bits per heavy atom. The molecule has 3 N–H and O–H groups in total. The number of aliphatic imine (C=N–C) groups is 1. The molecule has 1 aromatic rings. The van der Waals surface area contributed by atoms with Gasteiger partial charge in [0.25, 0.3) is 0 Å². The summed E-state index contributed by atoms with van der Waals surface area (Å²) in [4.78, 5) is 7.62. The number of thiophene rings is 1. The van der Waals surface area contributed by atoms with Crippen LogP contribution in [-0.2, 0) is 0 Å². The minimum absolute atomic E-state index is 0.284. The van der Waals surface area contributed by atoms with Gasteiger partial charge in [0.1, 0.15) is 0 Å². The van der Waals surface area contributed by atoms with E-state index in [1.54, 1.807) is 11.3 Å². The van der Waals surface area contributed by atoms with Gasteiger partial charge in [0.05, 0.1) is 6.04 Å². The van der Waals surface area contributed by atoms with E-state index in [1.807, 2.05) is 18.9 Å². The van der Waals surface area contributed by atoms with Gasteiger partial charge in [0, 0.05) is 18.5 Å². The second-order valence-electron chi connectivity index (χ2n) is 3.24. The lowest BCUT2D eigenvalue weighted by molar-refractivity contribution is 0.392. The van der Waals surface area contributed by atoms with E-state index >= 15 is 0 Å². The fourth-order valence-electron chi connectivity index (χ4n) is 1.31. The first-order valence-corrected chi connectivity index (χ1v) is 5.86. The van der Waals surface area contributed by atoms with Gasteiger partial charge in [-0.05, 0) is 25.3 Å². The fourth-order valence-corrected chi connectivity index (χ4v) is 2.14.